The van der Waals surface area contributed by atoms with Gasteiger partial charge in [0.1, 0.15) is 0 Å². The van der Waals surface area contributed by atoms with E-state index in [-0.39, 0.29) is 23.2 Å². The summed E-state index contributed by atoms with van der Waals surface area (Å²) in [5.41, 5.74) is 5.61. The topological polar surface area (TPSA) is 99.6 Å². The van der Waals surface area contributed by atoms with Gasteiger partial charge in [-0.25, -0.2) is 4.98 Å². The van der Waals surface area contributed by atoms with Crippen LogP contribution in [0.15, 0.2) is 77.7 Å². The van der Waals surface area contributed by atoms with Gasteiger partial charge in [-0.3, -0.25) is 14.4 Å². The zero-order valence-corrected chi connectivity index (χ0v) is 25.9. The molecule has 2 heterocycles. The van der Waals surface area contributed by atoms with Crippen LogP contribution in [0, 0.1) is 6.92 Å². The highest BCUT2D eigenvalue weighted by Gasteiger charge is 2.21. The van der Waals surface area contributed by atoms with Gasteiger partial charge in [0, 0.05) is 67.5 Å². The summed E-state index contributed by atoms with van der Waals surface area (Å²) in [6, 6.07) is 20.5. The van der Waals surface area contributed by atoms with Crippen LogP contribution in [0.5, 0.6) is 0 Å². The van der Waals surface area contributed by atoms with Crippen molar-refractivity contribution in [3.8, 4) is 11.3 Å². The fraction of sp³-hybridized carbons (Fsp3) is 0.314. The third-order valence-electron chi connectivity index (χ3n) is 8.18. The largest absolute Gasteiger partial charge is 0.336 e. The average molecular weight is 593 g/mol. The number of unbranched alkanes of at least 4 members (excludes halogenated alkanes) is 1. The highest BCUT2D eigenvalue weighted by Crippen LogP contribution is 2.29. The Balaban J connectivity index is 1.36. The van der Waals surface area contributed by atoms with E-state index in [4.69, 9.17) is 0 Å². The van der Waals surface area contributed by atoms with E-state index >= 15 is 0 Å². The lowest BCUT2D eigenvalue weighted by atomic mass is 10.0. The van der Waals surface area contributed by atoms with E-state index < -0.39 is 0 Å². The van der Waals surface area contributed by atoms with Gasteiger partial charge in [-0.1, -0.05) is 43.7 Å². The molecule has 0 unspecified atom stereocenters. The number of rotatable bonds is 9. The molecule has 0 atom stereocenters. The number of hydrogen-bond acceptors (Lipinski definition) is 6. The number of carbonyl (C=O) groups excluding carboxylic acids is 2. The Kier molecular flexibility index (Phi) is 9.55. The maximum atomic E-state index is 13.3. The van der Waals surface area contributed by atoms with Crippen molar-refractivity contribution in [3.63, 3.8) is 0 Å². The van der Waals surface area contributed by atoms with Gasteiger partial charge in [-0.2, -0.15) is 0 Å². The number of nitrogens with zero attached hydrogens (tertiary/aromatic N) is 4. The van der Waals surface area contributed by atoms with Gasteiger partial charge in [0.25, 0.3) is 17.4 Å². The van der Waals surface area contributed by atoms with Crippen LogP contribution in [0.25, 0.3) is 11.3 Å². The number of hydrogen-bond donors (Lipinski definition) is 2. The SMILES string of the molecule is CCCCc1ccccc1C(=O)Nc1cccc(-c2cn(C)c(=O)c(Nc3ccc(C(=O)N4CCN(C)CC4)cc3)n2)c1C. The van der Waals surface area contributed by atoms with Crippen molar-refractivity contribution in [2.75, 3.05) is 43.9 Å². The van der Waals surface area contributed by atoms with Crippen LogP contribution in [-0.4, -0.2) is 64.4 Å². The highest BCUT2D eigenvalue weighted by atomic mass is 16.2. The fourth-order valence-corrected chi connectivity index (χ4v) is 5.41. The molecule has 1 aliphatic rings. The summed E-state index contributed by atoms with van der Waals surface area (Å²) in [5, 5.41) is 6.23. The summed E-state index contributed by atoms with van der Waals surface area (Å²) in [4.78, 5) is 48.1. The number of nitrogens with one attached hydrogen (secondary N) is 2. The Morgan fingerprint density at radius 3 is 2.36 bits per heavy atom. The van der Waals surface area contributed by atoms with Crippen LogP contribution in [-0.2, 0) is 13.5 Å². The van der Waals surface area contributed by atoms with Gasteiger partial charge in [0.2, 0.25) is 0 Å². The van der Waals surface area contributed by atoms with Crippen molar-refractivity contribution >= 4 is 29.0 Å². The molecule has 1 aliphatic heterocycles. The molecule has 0 spiro atoms. The third-order valence-corrected chi connectivity index (χ3v) is 8.18. The first-order chi connectivity index (χ1) is 21.2. The minimum Gasteiger partial charge on any atom is -0.336 e. The molecule has 9 nitrogen and oxygen atoms in total. The van der Waals surface area contributed by atoms with Crippen molar-refractivity contribution in [2.24, 2.45) is 7.05 Å². The summed E-state index contributed by atoms with van der Waals surface area (Å²) >= 11 is 0. The van der Waals surface area contributed by atoms with E-state index in [1.54, 1.807) is 37.5 Å². The van der Waals surface area contributed by atoms with Gasteiger partial charge < -0.3 is 25.0 Å². The molecule has 228 valence electrons. The second-order valence-corrected chi connectivity index (χ2v) is 11.4. The Labute approximate surface area is 258 Å². The summed E-state index contributed by atoms with van der Waals surface area (Å²) < 4.78 is 1.49. The lowest BCUT2D eigenvalue weighted by Crippen LogP contribution is -2.47. The first-order valence-corrected chi connectivity index (χ1v) is 15.2. The number of aryl methyl sites for hydroxylation is 2. The molecule has 2 N–H and O–H groups in total. The molecule has 1 saturated heterocycles. The molecular weight excluding hydrogens is 552 g/mol. The van der Waals surface area contributed by atoms with Gasteiger partial charge in [0.05, 0.1) is 5.69 Å². The molecule has 0 saturated carbocycles. The average Bonchev–Trinajstić information content (AvgIpc) is 3.03. The number of amides is 2. The predicted octanol–water partition coefficient (Wildman–Crippen LogP) is 5.48. The van der Waals surface area contributed by atoms with Crippen LogP contribution >= 0.6 is 0 Å². The minimum absolute atomic E-state index is 0.00702. The standard InChI is InChI=1S/C35H40N6O3/c1-5-6-10-25-11-7-8-12-29(25)33(42)38-30-14-9-13-28(24(30)2)31-23-40(4)35(44)32(37-31)36-27-17-15-26(16-18-27)34(43)41-21-19-39(3)20-22-41/h7-9,11-18,23H,5-6,10,19-22H2,1-4H3,(H,36,37)(H,38,42). The molecular formula is C35H40N6O3. The number of carbonyl (C=O) groups is 2. The van der Waals surface area contributed by atoms with Crippen LogP contribution in [0.1, 0.15) is 51.6 Å². The zero-order chi connectivity index (χ0) is 31.2. The normalized spacial score (nSPS) is 13.5. The van der Waals surface area contributed by atoms with Crippen molar-refractivity contribution in [2.45, 2.75) is 33.1 Å². The Morgan fingerprint density at radius 2 is 1.64 bits per heavy atom. The van der Waals surface area contributed by atoms with Gasteiger partial charge in [-0.15, -0.1) is 0 Å². The number of piperazine rings is 1. The number of benzene rings is 3. The minimum atomic E-state index is -0.280. The molecule has 1 aromatic heterocycles. The molecule has 0 radical (unpaired) electrons. The molecule has 3 aromatic carbocycles. The second-order valence-electron chi connectivity index (χ2n) is 11.4. The quantitative estimate of drug-likeness (QED) is 0.267. The zero-order valence-electron chi connectivity index (χ0n) is 25.9. The van der Waals surface area contributed by atoms with Gasteiger partial charge in [0.15, 0.2) is 5.82 Å². The number of aromatic nitrogens is 2. The second kappa shape index (κ2) is 13.7. The molecule has 2 amide bonds. The monoisotopic (exact) mass is 592 g/mol. The Bertz CT molecular complexity index is 1700. The maximum absolute atomic E-state index is 13.3. The van der Waals surface area contributed by atoms with Crippen LogP contribution < -0.4 is 16.2 Å². The number of anilines is 3. The molecule has 5 rings (SSSR count). The van der Waals surface area contributed by atoms with E-state index in [9.17, 15) is 14.4 Å². The Hall–Kier alpha value is -4.76. The molecule has 44 heavy (non-hydrogen) atoms. The number of likely N-dealkylation sites (N-methyl/N-ethyl adjacent to an activating group) is 1. The van der Waals surface area contributed by atoms with E-state index in [0.29, 0.717) is 41.3 Å². The predicted molar refractivity (Wildman–Crippen MR) is 176 cm³/mol. The summed E-state index contributed by atoms with van der Waals surface area (Å²) in [7, 11) is 3.74. The van der Waals surface area contributed by atoms with E-state index in [1.807, 2.05) is 54.3 Å². The third kappa shape index (κ3) is 6.89. The van der Waals surface area contributed by atoms with Crippen molar-refractivity contribution in [3.05, 3.63) is 106 Å². The first kappa shape index (κ1) is 30.7. The smallest absolute Gasteiger partial charge is 0.293 e. The van der Waals surface area contributed by atoms with Gasteiger partial charge >= 0.3 is 0 Å². The molecule has 0 bridgehead atoms. The highest BCUT2D eigenvalue weighted by molar-refractivity contribution is 6.06. The van der Waals surface area contributed by atoms with Crippen molar-refractivity contribution in [1.82, 2.24) is 19.4 Å². The van der Waals surface area contributed by atoms with E-state index in [0.717, 1.165) is 49.0 Å². The first-order valence-electron chi connectivity index (χ1n) is 15.2. The van der Waals surface area contributed by atoms with Crippen LogP contribution in [0.4, 0.5) is 17.2 Å². The van der Waals surface area contributed by atoms with E-state index in [1.165, 1.54) is 4.57 Å². The summed E-state index contributed by atoms with van der Waals surface area (Å²) in [6.07, 6.45) is 4.63. The Morgan fingerprint density at radius 1 is 0.909 bits per heavy atom. The molecule has 0 aliphatic carbocycles. The van der Waals surface area contributed by atoms with Crippen molar-refractivity contribution in [1.29, 1.82) is 0 Å². The molecule has 4 aromatic rings. The summed E-state index contributed by atoms with van der Waals surface area (Å²) in [5.74, 6) is 0.0247. The van der Waals surface area contributed by atoms with Crippen molar-refractivity contribution < 1.29 is 9.59 Å². The summed E-state index contributed by atoms with van der Waals surface area (Å²) in [6.45, 7) is 7.21. The van der Waals surface area contributed by atoms with E-state index in [2.05, 4.69) is 34.5 Å². The lowest BCUT2D eigenvalue weighted by molar-refractivity contribution is 0.0664. The molecule has 1 fully saturated rings. The maximum Gasteiger partial charge on any atom is 0.293 e. The lowest BCUT2D eigenvalue weighted by Gasteiger charge is -2.32. The van der Waals surface area contributed by atoms with Crippen LogP contribution in [0.2, 0.25) is 0 Å². The molecule has 9 heteroatoms. The van der Waals surface area contributed by atoms with Gasteiger partial charge in [-0.05, 0) is 74.3 Å². The fourth-order valence-electron chi connectivity index (χ4n) is 5.41. The van der Waals surface area contributed by atoms with Crippen LogP contribution in [0.3, 0.4) is 0 Å².